The van der Waals surface area contributed by atoms with E-state index in [4.69, 9.17) is 4.74 Å². The molecule has 35 heavy (non-hydrogen) atoms. The first-order valence-electron chi connectivity index (χ1n) is 11.8. The van der Waals surface area contributed by atoms with Gasteiger partial charge < -0.3 is 19.6 Å². The zero-order valence-electron chi connectivity index (χ0n) is 21.6. The minimum absolute atomic E-state index is 0.0296. The molecule has 1 fully saturated rings. The summed E-state index contributed by atoms with van der Waals surface area (Å²) in [6.45, 7) is 13.3. The number of aryl methyl sites for hydroxylation is 1. The fourth-order valence-electron chi connectivity index (χ4n) is 4.19. The van der Waals surface area contributed by atoms with Crippen LogP contribution in [0.4, 0.5) is 0 Å². The van der Waals surface area contributed by atoms with E-state index in [0.717, 1.165) is 16.7 Å². The van der Waals surface area contributed by atoms with Crippen LogP contribution in [-0.4, -0.2) is 60.4 Å². The van der Waals surface area contributed by atoms with Crippen LogP contribution in [-0.2, 0) is 15.0 Å². The fraction of sp³-hybridized carbons (Fsp3) is 0.379. The van der Waals surface area contributed by atoms with E-state index < -0.39 is 17.7 Å². The lowest BCUT2D eigenvalue weighted by atomic mass is 9.85. The van der Waals surface area contributed by atoms with Gasteiger partial charge in [-0.3, -0.25) is 9.59 Å². The van der Waals surface area contributed by atoms with Gasteiger partial charge in [0, 0.05) is 18.7 Å². The number of amides is 1. The molecule has 0 radical (unpaired) electrons. The molecule has 0 saturated carbocycles. The number of nitrogens with zero attached hydrogens (tertiary/aromatic N) is 2. The van der Waals surface area contributed by atoms with E-state index in [9.17, 15) is 14.7 Å². The maximum atomic E-state index is 13.2. The number of aliphatic hydroxyl groups is 1. The molecule has 6 nitrogen and oxygen atoms in total. The topological polar surface area (TPSA) is 70.1 Å². The van der Waals surface area contributed by atoms with Crippen LogP contribution in [0.15, 0.2) is 60.7 Å². The summed E-state index contributed by atoms with van der Waals surface area (Å²) >= 11 is 0. The van der Waals surface area contributed by atoms with Crippen LogP contribution >= 0.6 is 0 Å². The summed E-state index contributed by atoms with van der Waals surface area (Å²) < 4.78 is 5.64. The van der Waals surface area contributed by atoms with Crippen molar-refractivity contribution in [1.82, 2.24) is 9.80 Å². The minimum Gasteiger partial charge on any atom is -0.507 e. The largest absolute Gasteiger partial charge is 0.507 e. The molecule has 0 spiro atoms. The molecule has 1 aliphatic rings. The van der Waals surface area contributed by atoms with Crippen molar-refractivity contribution in [3.8, 4) is 5.75 Å². The highest BCUT2D eigenvalue weighted by atomic mass is 16.5. The van der Waals surface area contributed by atoms with Crippen molar-refractivity contribution in [1.29, 1.82) is 0 Å². The van der Waals surface area contributed by atoms with E-state index in [1.165, 1.54) is 0 Å². The Morgan fingerprint density at radius 3 is 2.34 bits per heavy atom. The van der Waals surface area contributed by atoms with Gasteiger partial charge >= 0.3 is 0 Å². The summed E-state index contributed by atoms with van der Waals surface area (Å²) in [5.41, 5.74) is 3.30. The Labute approximate surface area is 208 Å². The first-order valence-corrected chi connectivity index (χ1v) is 11.8. The van der Waals surface area contributed by atoms with Crippen molar-refractivity contribution in [2.45, 2.75) is 39.2 Å². The highest BCUT2D eigenvalue weighted by Gasteiger charge is 2.46. The van der Waals surface area contributed by atoms with Crippen LogP contribution in [0.5, 0.6) is 5.75 Å². The Balaban J connectivity index is 2.11. The lowest BCUT2D eigenvalue weighted by Crippen LogP contribution is -2.35. The van der Waals surface area contributed by atoms with Crippen LogP contribution in [0.25, 0.3) is 5.76 Å². The summed E-state index contributed by atoms with van der Waals surface area (Å²) in [6.07, 6.45) is 1.66. The zero-order chi connectivity index (χ0) is 25.9. The Bertz CT molecular complexity index is 1140. The zero-order valence-corrected chi connectivity index (χ0v) is 21.6. The second-order valence-corrected chi connectivity index (χ2v) is 10.2. The smallest absolute Gasteiger partial charge is 0.295 e. The predicted molar refractivity (Wildman–Crippen MR) is 140 cm³/mol. The SMILES string of the molecule is C=CCOc1ccc(C(O)=C2C(=O)C(=O)N(CCN(C)C)[C@@H]2c2ccc(C(C)(C)C)cc2)cc1C. The molecule has 1 N–H and O–H groups in total. The molecule has 0 aromatic heterocycles. The number of ether oxygens (including phenoxy) is 1. The number of carbonyl (C=O) groups is 2. The first kappa shape index (κ1) is 26.2. The van der Waals surface area contributed by atoms with E-state index in [2.05, 4.69) is 27.4 Å². The summed E-state index contributed by atoms with van der Waals surface area (Å²) in [5.74, 6) is -0.780. The third-order valence-electron chi connectivity index (χ3n) is 6.23. The molecule has 186 valence electrons. The molecule has 1 saturated heterocycles. The number of likely N-dealkylation sites (tertiary alicyclic amines) is 1. The summed E-state index contributed by atoms with van der Waals surface area (Å²) in [4.78, 5) is 29.8. The van der Waals surface area contributed by atoms with Crippen LogP contribution in [0.1, 0.15) is 49.1 Å². The van der Waals surface area contributed by atoms with Crippen LogP contribution < -0.4 is 4.74 Å². The first-order chi connectivity index (χ1) is 16.5. The molecule has 1 amide bonds. The summed E-state index contributed by atoms with van der Waals surface area (Å²) in [5, 5.41) is 11.3. The van der Waals surface area contributed by atoms with Crippen molar-refractivity contribution in [3.63, 3.8) is 0 Å². The van der Waals surface area contributed by atoms with Crippen molar-refractivity contribution >= 4 is 17.4 Å². The van der Waals surface area contributed by atoms with Crippen molar-refractivity contribution in [2.75, 3.05) is 33.8 Å². The third-order valence-corrected chi connectivity index (χ3v) is 6.23. The molecular weight excluding hydrogens is 440 g/mol. The number of Topliss-reactive ketones (excluding diaryl/α,β-unsaturated/α-hetero) is 1. The summed E-state index contributed by atoms with van der Waals surface area (Å²) in [7, 11) is 3.84. The molecular formula is C29H36N2O4. The van der Waals surface area contributed by atoms with Crippen LogP contribution in [0.3, 0.4) is 0 Å². The van der Waals surface area contributed by atoms with E-state index in [-0.39, 0.29) is 16.7 Å². The molecule has 0 bridgehead atoms. The Hall–Kier alpha value is -3.38. The molecule has 6 heteroatoms. The van der Waals surface area contributed by atoms with Crippen LogP contribution in [0.2, 0.25) is 0 Å². The number of likely N-dealkylation sites (N-methyl/N-ethyl adjacent to an activating group) is 1. The average Bonchev–Trinajstić information content (AvgIpc) is 3.05. The normalized spacial score (nSPS) is 17.8. The van der Waals surface area contributed by atoms with Gasteiger partial charge in [-0.15, -0.1) is 0 Å². The molecule has 2 aromatic carbocycles. The number of benzene rings is 2. The molecule has 3 rings (SSSR count). The van der Waals surface area contributed by atoms with Gasteiger partial charge in [0.1, 0.15) is 18.1 Å². The Morgan fingerprint density at radius 1 is 1.14 bits per heavy atom. The van der Waals surface area contributed by atoms with E-state index >= 15 is 0 Å². The highest BCUT2D eigenvalue weighted by molar-refractivity contribution is 6.46. The summed E-state index contributed by atoms with van der Waals surface area (Å²) in [6, 6.07) is 12.5. The highest BCUT2D eigenvalue weighted by Crippen LogP contribution is 2.40. The number of hydrogen-bond donors (Lipinski definition) is 1. The van der Waals surface area contributed by atoms with E-state index in [1.54, 1.807) is 29.2 Å². The Morgan fingerprint density at radius 2 is 1.80 bits per heavy atom. The molecule has 1 atom stereocenters. The van der Waals surface area contributed by atoms with Crippen molar-refractivity contribution in [3.05, 3.63) is 82.9 Å². The molecule has 1 aliphatic heterocycles. The average molecular weight is 477 g/mol. The van der Waals surface area contributed by atoms with Gasteiger partial charge in [0.25, 0.3) is 11.7 Å². The monoisotopic (exact) mass is 476 g/mol. The maximum absolute atomic E-state index is 13.2. The second-order valence-electron chi connectivity index (χ2n) is 10.2. The van der Waals surface area contributed by atoms with Gasteiger partial charge in [0.15, 0.2) is 0 Å². The Kier molecular flexibility index (Phi) is 7.86. The molecule has 0 unspecified atom stereocenters. The number of rotatable bonds is 8. The fourth-order valence-corrected chi connectivity index (χ4v) is 4.19. The van der Waals surface area contributed by atoms with Crippen molar-refractivity contribution < 1.29 is 19.4 Å². The lowest BCUT2D eigenvalue weighted by molar-refractivity contribution is -0.140. The van der Waals surface area contributed by atoms with Crippen molar-refractivity contribution in [2.24, 2.45) is 0 Å². The minimum atomic E-state index is -0.671. The lowest BCUT2D eigenvalue weighted by Gasteiger charge is -2.27. The molecule has 2 aromatic rings. The predicted octanol–water partition coefficient (Wildman–Crippen LogP) is 4.84. The standard InChI is InChI=1S/C29H36N2O4/c1-8-17-35-23-14-11-21(18-19(23)2)26(32)24-25(20-9-12-22(13-10-20)29(3,4)5)31(16-15-30(6)7)28(34)27(24)33/h8-14,18,25,32H,1,15-17H2,2-7H3/t25-/m1/s1. The molecule has 1 heterocycles. The van der Waals surface area contributed by atoms with Gasteiger partial charge in [-0.25, -0.2) is 0 Å². The number of hydrogen-bond acceptors (Lipinski definition) is 5. The number of aliphatic hydroxyl groups excluding tert-OH is 1. The van der Waals surface area contributed by atoms with Gasteiger partial charge in [-0.2, -0.15) is 0 Å². The number of carbonyl (C=O) groups excluding carboxylic acids is 2. The van der Waals surface area contributed by atoms with Crippen LogP contribution in [0, 0.1) is 6.92 Å². The van der Waals surface area contributed by atoms with Gasteiger partial charge in [0.05, 0.1) is 11.6 Å². The van der Waals surface area contributed by atoms with Gasteiger partial charge in [-0.1, -0.05) is 57.7 Å². The van der Waals surface area contributed by atoms with Gasteiger partial charge in [0.2, 0.25) is 0 Å². The molecule has 0 aliphatic carbocycles. The van der Waals surface area contributed by atoms with E-state index in [1.807, 2.05) is 50.2 Å². The number of ketones is 1. The van der Waals surface area contributed by atoms with Gasteiger partial charge in [-0.05, 0) is 61.3 Å². The quantitative estimate of drug-likeness (QED) is 0.256. The third kappa shape index (κ3) is 5.65. The maximum Gasteiger partial charge on any atom is 0.295 e. The second kappa shape index (κ2) is 10.5. The van der Waals surface area contributed by atoms with E-state index in [0.29, 0.717) is 31.0 Å².